The number of benzene rings is 1. The fourth-order valence-electron chi connectivity index (χ4n) is 0.771. The molecule has 0 atom stereocenters. The van der Waals surface area contributed by atoms with Crippen LogP contribution in [-0.2, 0) is 0 Å². The van der Waals surface area contributed by atoms with Crippen molar-refractivity contribution >= 4 is 33.3 Å². The number of halogens is 1. The lowest BCUT2D eigenvalue weighted by Gasteiger charge is -2.04. The third kappa shape index (κ3) is 2.13. The zero-order valence-corrected chi connectivity index (χ0v) is 7.76. The number of carbonyl (C=O) groups excluding carboxylic acids is 1. The molecule has 0 heterocycles. The van der Waals surface area contributed by atoms with E-state index in [2.05, 4.69) is 21.2 Å². The minimum Gasteiger partial charge on any atom is -0.399 e. The predicted octanol–water partition coefficient (Wildman–Crippen LogP) is 1.52. The standard InChI is InChI=1S/C7H8BrN3O/c8-5-2-1-4(9)3-6(5)11-7(10)12/h1-3H,9H2,(H3,10,11,12). The molecule has 5 heteroatoms. The highest BCUT2D eigenvalue weighted by Crippen LogP contribution is 2.24. The van der Waals surface area contributed by atoms with Crippen molar-refractivity contribution in [1.82, 2.24) is 0 Å². The Morgan fingerprint density at radius 1 is 1.50 bits per heavy atom. The zero-order chi connectivity index (χ0) is 9.14. The molecule has 64 valence electrons. The van der Waals surface area contributed by atoms with Gasteiger partial charge in [-0.25, -0.2) is 4.79 Å². The van der Waals surface area contributed by atoms with Crippen LogP contribution in [0.5, 0.6) is 0 Å². The zero-order valence-electron chi connectivity index (χ0n) is 6.17. The highest BCUT2D eigenvalue weighted by atomic mass is 79.9. The molecule has 0 saturated heterocycles. The normalized spacial score (nSPS) is 9.42. The molecule has 0 radical (unpaired) electrons. The van der Waals surface area contributed by atoms with Crippen LogP contribution in [0.25, 0.3) is 0 Å². The Hall–Kier alpha value is -1.23. The van der Waals surface area contributed by atoms with Crippen molar-refractivity contribution in [3.63, 3.8) is 0 Å². The summed E-state index contributed by atoms with van der Waals surface area (Å²) in [5.41, 5.74) is 11.6. The summed E-state index contributed by atoms with van der Waals surface area (Å²) in [5, 5.41) is 2.43. The molecule has 1 rings (SSSR count). The largest absolute Gasteiger partial charge is 0.399 e. The molecule has 0 bridgehead atoms. The Bertz CT molecular complexity index is 314. The average molecular weight is 230 g/mol. The van der Waals surface area contributed by atoms with Crippen molar-refractivity contribution in [3.8, 4) is 0 Å². The molecule has 1 aromatic rings. The molecule has 0 aromatic heterocycles. The minimum absolute atomic E-state index is 0.571. The Kier molecular flexibility index (Phi) is 2.54. The summed E-state index contributed by atoms with van der Waals surface area (Å²) in [5.74, 6) is 0. The summed E-state index contributed by atoms with van der Waals surface area (Å²) in [6.45, 7) is 0. The van der Waals surface area contributed by atoms with Crippen molar-refractivity contribution in [2.24, 2.45) is 5.73 Å². The number of nitrogens with one attached hydrogen (secondary N) is 1. The molecule has 0 aliphatic heterocycles. The van der Waals surface area contributed by atoms with E-state index in [4.69, 9.17) is 11.5 Å². The van der Waals surface area contributed by atoms with Gasteiger partial charge in [-0.2, -0.15) is 0 Å². The van der Waals surface area contributed by atoms with E-state index in [1.165, 1.54) is 0 Å². The molecule has 0 aliphatic carbocycles. The number of nitrogens with two attached hydrogens (primary N) is 2. The second-order valence-corrected chi connectivity index (χ2v) is 3.08. The summed E-state index contributed by atoms with van der Waals surface area (Å²) in [6, 6.07) is 4.47. The first kappa shape index (κ1) is 8.86. The van der Waals surface area contributed by atoms with Crippen molar-refractivity contribution < 1.29 is 4.79 Å². The second-order valence-electron chi connectivity index (χ2n) is 2.23. The van der Waals surface area contributed by atoms with E-state index in [1.54, 1.807) is 18.2 Å². The van der Waals surface area contributed by atoms with Gasteiger partial charge in [0.05, 0.1) is 5.69 Å². The lowest BCUT2D eigenvalue weighted by atomic mass is 10.3. The number of urea groups is 1. The van der Waals surface area contributed by atoms with Gasteiger partial charge in [-0.1, -0.05) is 0 Å². The number of amides is 2. The number of hydrogen-bond acceptors (Lipinski definition) is 2. The molecular formula is C7H8BrN3O. The van der Waals surface area contributed by atoms with Crippen LogP contribution in [0.1, 0.15) is 0 Å². The molecule has 0 fully saturated rings. The van der Waals surface area contributed by atoms with Gasteiger partial charge >= 0.3 is 6.03 Å². The van der Waals surface area contributed by atoms with Gasteiger partial charge in [-0.05, 0) is 34.1 Å². The van der Waals surface area contributed by atoms with Gasteiger partial charge in [0, 0.05) is 10.2 Å². The molecule has 0 aliphatic rings. The fraction of sp³-hybridized carbons (Fsp3) is 0. The fourth-order valence-corrected chi connectivity index (χ4v) is 1.12. The van der Waals surface area contributed by atoms with E-state index in [1.807, 2.05) is 0 Å². The lowest BCUT2D eigenvalue weighted by Crippen LogP contribution is -2.19. The maximum Gasteiger partial charge on any atom is 0.316 e. The minimum atomic E-state index is -0.610. The molecular weight excluding hydrogens is 222 g/mol. The van der Waals surface area contributed by atoms with E-state index in [0.717, 1.165) is 4.47 Å². The average Bonchev–Trinajstić information content (AvgIpc) is 1.96. The van der Waals surface area contributed by atoms with Gasteiger partial charge < -0.3 is 16.8 Å². The van der Waals surface area contributed by atoms with Crippen molar-refractivity contribution in [3.05, 3.63) is 22.7 Å². The topological polar surface area (TPSA) is 81.1 Å². The van der Waals surface area contributed by atoms with Gasteiger partial charge in [0.1, 0.15) is 0 Å². The molecule has 12 heavy (non-hydrogen) atoms. The Balaban J connectivity index is 2.97. The first-order valence-corrected chi connectivity index (χ1v) is 4.00. The third-order valence-electron chi connectivity index (χ3n) is 1.25. The number of anilines is 2. The Morgan fingerprint density at radius 2 is 2.17 bits per heavy atom. The van der Waals surface area contributed by atoms with E-state index < -0.39 is 6.03 Å². The highest BCUT2D eigenvalue weighted by Gasteiger charge is 2.01. The number of rotatable bonds is 1. The molecule has 4 nitrogen and oxygen atoms in total. The molecule has 0 unspecified atom stereocenters. The van der Waals surface area contributed by atoms with Crippen LogP contribution in [0.4, 0.5) is 16.2 Å². The van der Waals surface area contributed by atoms with Crippen LogP contribution in [0, 0.1) is 0 Å². The van der Waals surface area contributed by atoms with Gasteiger partial charge in [0.25, 0.3) is 0 Å². The third-order valence-corrected chi connectivity index (χ3v) is 1.94. The van der Waals surface area contributed by atoms with Gasteiger partial charge in [-0.15, -0.1) is 0 Å². The summed E-state index contributed by atoms with van der Waals surface area (Å²) < 4.78 is 0.746. The first-order valence-electron chi connectivity index (χ1n) is 3.21. The van der Waals surface area contributed by atoms with Crippen LogP contribution < -0.4 is 16.8 Å². The van der Waals surface area contributed by atoms with Crippen LogP contribution in [0.15, 0.2) is 22.7 Å². The molecule has 1 aromatic carbocycles. The van der Waals surface area contributed by atoms with Gasteiger partial charge in [0.15, 0.2) is 0 Å². The molecule has 5 N–H and O–H groups in total. The summed E-state index contributed by atoms with van der Waals surface area (Å²) in [6.07, 6.45) is 0. The summed E-state index contributed by atoms with van der Waals surface area (Å²) in [7, 11) is 0. The van der Waals surface area contributed by atoms with Crippen molar-refractivity contribution in [2.75, 3.05) is 11.1 Å². The molecule has 0 spiro atoms. The van der Waals surface area contributed by atoms with E-state index in [0.29, 0.717) is 11.4 Å². The monoisotopic (exact) mass is 229 g/mol. The Morgan fingerprint density at radius 3 is 2.75 bits per heavy atom. The number of nitrogen functional groups attached to an aromatic ring is 1. The summed E-state index contributed by atoms with van der Waals surface area (Å²) >= 11 is 3.23. The van der Waals surface area contributed by atoms with Crippen LogP contribution in [0.3, 0.4) is 0 Å². The van der Waals surface area contributed by atoms with E-state index in [9.17, 15) is 4.79 Å². The summed E-state index contributed by atoms with van der Waals surface area (Å²) in [4.78, 5) is 10.5. The maximum absolute atomic E-state index is 10.5. The van der Waals surface area contributed by atoms with Gasteiger partial charge in [0.2, 0.25) is 0 Å². The van der Waals surface area contributed by atoms with E-state index >= 15 is 0 Å². The molecule has 0 saturated carbocycles. The predicted molar refractivity (Wildman–Crippen MR) is 51.8 cm³/mol. The van der Waals surface area contributed by atoms with Crippen LogP contribution >= 0.6 is 15.9 Å². The lowest BCUT2D eigenvalue weighted by molar-refractivity contribution is 0.259. The first-order chi connectivity index (χ1) is 5.59. The van der Waals surface area contributed by atoms with Crippen LogP contribution in [0.2, 0.25) is 0 Å². The van der Waals surface area contributed by atoms with E-state index in [-0.39, 0.29) is 0 Å². The highest BCUT2D eigenvalue weighted by molar-refractivity contribution is 9.10. The van der Waals surface area contributed by atoms with Gasteiger partial charge in [-0.3, -0.25) is 0 Å². The quantitative estimate of drug-likeness (QED) is 0.639. The Labute approximate surface area is 78.1 Å². The maximum atomic E-state index is 10.5. The van der Waals surface area contributed by atoms with Crippen molar-refractivity contribution in [2.45, 2.75) is 0 Å². The number of carbonyl (C=O) groups is 1. The SMILES string of the molecule is NC(=O)Nc1cc(N)ccc1Br. The smallest absolute Gasteiger partial charge is 0.316 e. The second kappa shape index (κ2) is 3.44. The number of primary amides is 1. The van der Waals surface area contributed by atoms with Crippen molar-refractivity contribution in [1.29, 1.82) is 0 Å². The van der Waals surface area contributed by atoms with Crippen LogP contribution in [-0.4, -0.2) is 6.03 Å². The number of hydrogen-bond donors (Lipinski definition) is 3. The molecule has 2 amide bonds.